The van der Waals surface area contributed by atoms with Gasteiger partial charge >= 0.3 is 0 Å². The second kappa shape index (κ2) is 4.17. The highest BCUT2D eigenvalue weighted by Crippen LogP contribution is 2.43. The first-order valence-corrected chi connectivity index (χ1v) is 5.74. The molecule has 1 saturated carbocycles. The third-order valence-corrected chi connectivity index (χ3v) is 4.06. The molecule has 0 aromatic carbocycles. The van der Waals surface area contributed by atoms with Crippen LogP contribution in [0.2, 0.25) is 0 Å². The molecule has 3 N–H and O–H groups in total. The molecule has 0 amide bonds. The van der Waals surface area contributed by atoms with Gasteiger partial charge in [-0.15, -0.1) is 0 Å². The average molecular weight is 199 g/mol. The molecular weight excluding hydrogens is 178 g/mol. The van der Waals surface area contributed by atoms with E-state index < -0.39 is 0 Å². The first-order chi connectivity index (χ1) is 6.78. The van der Waals surface area contributed by atoms with Crippen molar-refractivity contribution in [3.63, 3.8) is 0 Å². The van der Waals surface area contributed by atoms with Crippen molar-refractivity contribution in [2.75, 3.05) is 19.8 Å². The second-order valence-corrected chi connectivity index (χ2v) is 4.83. The molecule has 3 unspecified atom stereocenters. The first kappa shape index (κ1) is 10.4. The Bertz CT molecular complexity index is 190. The number of rotatable bonds is 2. The summed E-state index contributed by atoms with van der Waals surface area (Å²) in [6, 6.07) is 0. The van der Waals surface area contributed by atoms with Crippen LogP contribution in [0.15, 0.2) is 0 Å². The molecule has 0 aromatic heterocycles. The van der Waals surface area contributed by atoms with Gasteiger partial charge in [0, 0.05) is 18.6 Å². The van der Waals surface area contributed by atoms with E-state index in [4.69, 9.17) is 10.5 Å². The molecule has 0 radical (unpaired) electrons. The predicted molar refractivity (Wildman–Crippen MR) is 54.9 cm³/mol. The van der Waals surface area contributed by atoms with E-state index in [-0.39, 0.29) is 11.5 Å². The van der Waals surface area contributed by atoms with E-state index in [1.54, 1.807) is 0 Å². The predicted octanol–water partition coefficient (Wildman–Crippen LogP) is 0.903. The van der Waals surface area contributed by atoms with Crippen molar-refractivity contribution in [3.8, 4) is 0 Å². The summed E-state index contributed by atoms with van der Waals surface area (Å²) in [4.78, 5) is 0. The summed E-state index contributed by atoms with van der Waals surface area (Å²) in [5, 5.41) is 10.0. The standard InChI is InChI=1S/C11H21NO2/c12-7-11(5-6-14-8-11)9-3-1-2-4-10(9)13/h9-10,13H,1-8,12H2. The van der Waals surface area contributed by atoms with E-state index in [0.717, 1.165) is 32.5 Å². The van der Waals surface area contributed by atoms with E-state index in [1.807, 2.05) is 0 Å². The van der Waals surface area contributed by atoms with Gasteiger partial charge in [-0.05, 0) is 25.2 Å². The zero-order chi connectivity index (χ0) is 10.0. The van der Waals surface area contributed by atoms with Crippen LogP contribution in [-0.4, -0.2) is 31.0 Å². The van der Waals surface area contributed by atoms with Crippen LogP contribution in [0.5, 0.6) is 0 Å². The maximum Gasteiger partial charge on any atom is 0.0575 e. The van der Waals surface area contributed by atoms with E-state index in [9.17, 15) is 5.11 Å². The van der Waals surface area contributed by atoms with Gasteiger partial charge in [-0.25, -0.2) is 0 Å². The van der Waals surface area contributed by atoms with E-state index in [1.165, 1.54) is 12.8 Å². The maximum atomic E-state index is 10.0. The molecule has 3 atom stereocenters. The number of nitrogens with two attached hydrogens (primary N) is 1. The molecule has 2 aliphatic rings. The van der Waals surface area contributed by atoms with Gasteiger partial charge in [0.25, 0.3) is 0 Å². The first-order valence-electron chi connectivity index (χ1n) is 5.74. The Balaban J connectivity index is 2.09. The van der Waals surface area contributed by atoms with Crippen LogP contribution in [0.1, 0.15) is 32.1 Å². The molecule has 1 aliphatic carbocycles. The minimum atomic E-state index is -0.144. The zero-order valence-electron chi connectivity index (χ0n) is 8.74. The van der Waals surface area contributed by atoms with Gasteiger partial charge in [-0.1, -0.05) is 12.8 Å². The minimum absolute atomic E-state index is 0.0832. The van der Waals surface area contributed by atoms with Gasteiger partial charge in [0.1, 0.15) is 0 Å². The fraction of sp³-hybridized carbons (Fsp3) is 1.00. The van der Waals surface area contributed by atoms with Crippen molar-refractivity contribution in [1.29, 1.82) is 0 Å². The fourth-order valence-corrected chi connectivity index (χ4v) is 3.05. The fourth-order valence-electron chi connectivity index (χ4n) is 3.05. The summed E-state index contributed by atoms with van der Waals surface area (Å²) in [6.45, 7) is 2.24. The Morgan fingerprint density at radius 2 is 2.14 bits per heavy atom. The van der Waals surface area contributed by atoms with Crippen LogP contribution in [0.25, 0.3) is 0 Å². The quantitative estimate of drug-likeness (QED) is 0.695. The molecule has 0 spiro atoms. The zero-order valence-corrected chi connectivity index (χ0v) is 8.74. The van der Waals surface area contributed by atoms with Crippen LogP contribution < -0.4 is 5.73 Å². The summed E-state index contributed by atoms with van der Waals surface area (Å²) in [6.07, 6.45) is 5.37. The van der Waals surface area contributed by atoms with Crippen LogP contribution in [0.3, 0.4) is 0 Å². The topological polar surface area (TPSA) is 55.5 Å². The summed E-state index contributed by atoms with van der Waals surface area (Å²) >= 11 is 0. The number of hydrogen-bond acceptors (Lipinski definition) is 3. The lowest BCUT2D eigenvalue weighted by Crippen LogP contribution is -2.45. The highest BCUT2D eigenvalue weighted by Gasteiger charge is 2.44. The molecule has 1 heterocycles. The smallest absolute Gasteiger partial charge is 0.0575 e. The monoisotopic (exact) mass is 199 g/mol. The summed E-state index contributed by atoms with van der Waals surface area (Å²) in [7, 11) is 0. The summed E-state index contributed by atoms with van der Waals surface area (Å²) in [5.74, 6) is 0.378. The van der Waals surface area contributed by atoms with Crippen molar-refractivity contribution in [2.45, 2.75) is 38.2 Å². The average Bonchev–Trinajstić information content (AvgIpc) is 2.68. The highest BCUT2D eigenvalue weighted by atomic mass is 16.5. The van der Waals surface area contributed by atoms with Crippen molar-refractivity contribution >= 4 is 0 Å². The van der Waals surface area contributed by atoms with Gasteiger partial charge in [0.15, 0.2) is 0 Å². The number of aliphatic hydroxyl groups is 1. The van der Waals surface area contributed by atoms with Gasteiger partial charge in [-0.2, -0.15) is 0 Å². The maximum absolute atomic E-state index is 10.0. The Hall–Kier alpha value is -0.120. The SMILES string of the molecule is NCC1(C2CCCCC2O)CCOC1. The van der Waals surface area contributed by atoms with E-state index in [0.29, 0.717) is 12.5 Å². The molecule has 0 aromatic rings. The van der Waals surface area contributed by atoms with Gasteiger partial charge in [0.05, 0.1) is 12.7 Å². The third kappa shape index (κ3) is 1.69. The van der Waals surface area contributed by atoms with E-state index >= 15 is 0 Å². The number of aliphatic hydroxyl groups excluding tert-OH is 1. The Kier molecular flexibility index (Phi) is 3.10. The normalized spacial score (nSPS) is 44.1. The lowest BCUT2D eigenvalue weighted by atomic mass is 9.67. The number of hydrogen-bond donors (Lipinski definition) is 2. The van der Waals surface area contributed by atoms with Crippen LogP contribution in [-0.2, 0) is 4.74 Å². The molecule has 2 fully saturated rings. The molecule has 2 rings (SSSR count). The molecule has 1 saturated heterocycles. The molecule has 82 valence electrons. The molecule has 14 heavy (non-hydrogen) atoms. The van der Waals surface area contributed by atoms with Crippen molar-refractivity contribution in [3.05, 3.63) is 0 Å². The largest absolute Gasteiger partial charge is 0.393 e. The molecule has 1 aliphatic heterocycles. The second-order valence-electron chi connectivity index (χ2n) is 4.83. The molecule has 3 heteroatoms. The highest BCUT2D eigenvalue weighted by molar-refractivity contribution is 4.95. The van der Waals surface area contributed by atoms with E-state index in [2.05, 4.69) is 0 Å². The van der Waals surface area contributed by atoms with Gasteiger partial charge < -0.3 is 15.6 Å². The van der Waals surface area contributed by atoms with Gasteiger partial charge in [0.2, 0.25) is 0 Å². The third-order valence-electron chi connectivity index (χ3n) is 4.06. The summed E-state index contributed by atoms with van der Waals surface area (Å²) in [5.41, 5.74) is 5.95. The van der Waals surface area contributed by atoms with Crippen molar-refractivity contribution in [2.24, 2.45) is 17.1 Å². The molecular formula is C11H21NO2. The number of ether oxygens (including phenoxy) is 1. The summed E-state index contributed by atoms with van der Waals surface area (Å²) < 4.78 is 5.46. The molecule has 0 bridgehead atoms. The van der Waals surface area contributed by atoms with Gasteiger partial charge in [-0.3, -0.25) is 0 Å². The minimum Gasteiger partial charge on any atom is -0.393 e. The molecule has 3 nitrogen and oxygen atoms in total. The van der Waals surface area contributed by atoms with Crippen LogP contribution in [0, 0.1) is 11.3 Å². The van der Waals surface area contributed by atoms with Crippen molar-refractivity contribution in [1.82, 2.24) is 0 Å². The lowest BCUT2D eigenvalue weighted by molar-refractivity contribution is -0.0145. The van der Waals surface area contributed by atoms with Crippen LogP contribution >= 0.6 is 0 Å². The van der Waals surface area contributed by atoms with Crippen LogP contribution in [0.4, 0.5) is 0 Å². The Labute approximate surface area is 85.6 Å². The Morgan fingerprint density at radius 3 is 2.71 bits per heavy atom. The Morgan fingerprint density at radius 1 is 1.36 bits per heavy atom. The van der Waals surface area contributed by atoms with Crippen molar-refractivity contribution < 1.29 is 9.84 Å². The lowest BCUT2D eigenvalue weighted by Gasteiger charge is -2.40.